The van der Waals surface area contributed by atoms with Crippen LogP contribution in [0.15, 0.2) is 24.3 Å². The van der Waals surface area contributed by atoms with Gasteiger partial charge in [0.15, 0.2) is 5.11 Å². The van der Waals surface area contributed by atoms with Gasteiger partial charge in [-0.2, -0.15) is 0 Å². The molecule has 1 aromatic carbocycles. The molecule has 4 aliphatic carbocycles. The van der Waals surface area contributed by atoms with E-state index in [1.807, 2.05) is 31.2 Å². The Morgan fingerprint density at radius 1 is 1.11 bits per heavy atom. The fraction of sp³-hybridized carbons (Fsp3) is 0.742. The number of thiocarbonyl (C=S) groups is 1. The molecule has 4 saturated carbocycles. The highest BCUT2D eigenvalue weighted by Gasteiger charge is 2.73. The molecule has 6 nitrogen and oxygen atoms in total. The SMILES string of the molecule is CCOC(=O)[C@]1(C)CCC[C@@]2(C)[C@@H]3CC[C@@]4(C)C[C@]3(CC[C@@H]21)[C@@H]1CON(C(=S)Nc2ccc(OC)cc2)[C@@H]14. The van der Waals surface area contributed by atoms with Crippen LogP contribution in [0.2, 0.25) is 0 Å². The van der Waals surface area contributed by atoms with Crippen LogP contribution < -0.4 is 10.1 Å². The maximum atomic E-state index is 13.3. The van der Waals surface area contributed by atoms with Crippen molar-refractivity contribution in [3.63, 3.8) is 0 Å². The van der Waals surface area contributed by atoms with Crippen molar-refractivity contribution < 1.29 is 19.1 Å². The summed E-state index contributed by atoms with van der Waals surface area (Å²) in [5.74, 6) is 2.31. The van der Waals surface area contributed by atoms with Gasteiger partial charge >= 0.3 is 5.97 Å². The molecule has 7 heteroatoms. The van der Waals surface area contributed by atoms with Crippen molar-refractivity contribution in [3.8, 4) is 5.75 Å². The average Bonchev–Trinajstić information content (AvgIpc) is 3.42. The van der Waals surface area contributed by atoms with Crippen molar-refractivity contribution in [2.45, 2.75) is 85.1 Å². The molecule has 2 bridgehead atoms. The lowest BCUT2D eigenvalue weighted by atomic mass is 9.39. The number of ether oxygens (including phenoxy) is 2. The zero-order valence-electron chi connectivity index (χ0n) is 23.7. The van der Waals surface area contributed by atoms with Gasteiger partial charge in [0.1, 0.15) is 5.75 Å². The number of fused-ring (bicyclic) bond motifs is 5. The van der Waals surface area contributed by atoms with Gasteiger partial charge in [0.2, 0.25) is 0 Å². The van der Waals surface area contributed by atoms with Crippen LogP contribution >= 0.6 is 12.2 Å². The molecule has 1 heterocycles. The molecule has 0 radical (unpaired) electrons. The standard InChI is InChI=1S/C31H44N2O4S/c1-6-36-26(34)30(4)15-7-14-29(3)23(30)13-17-31-19-28(2,16-12-24(29)31)25-22(31)18-37-33(25)27(38)32-20-8-10-21(35-5)11-9-20/h8-11,22-25H,6-7,12-19H2,1-5H3,(H,32,38)/t22-,23+,24+,25+,28+,29-,30-,31-/m1/s1. The van der Waals surface area contributed by atoms with E-state index in [4.69, 9.17) is 26.5 Å². The van der Waals surface area contributed by atoms with E-state index in [0.29, 0.717) is 29.5 Å². The van der Waals surface area contributed by atoms with E-state index in [0.717, 1.165) is 37.3 Å². The third-order valence-corrected chi connectivity index (χ3v) is 12.1. The lowest BCUT2D eigenvalue weighted by Gasteiger charge is -2.64. The van der Waals surface area contributed by atoms with Crippen LogP contribution in [0.4, 0.5) is 5.69 Å². The van der Waals surface area contributed by atoms with E-state index < -0.39 is 0 Å². The number of anilines is 1. The van der Waals surface area contributed by atoms with E-state index >= 15 is 0 Å². The highest BCUT2D eigenvalue weighted by molar-refractivity contribution is 7.80. The Labute approximate surface area is 233 Å². The van der Waals surface area contributed by atoms with Crippen LogP contribution in [-0.4, -0.2) is 42.5 Å². The molecule has 1 N–H and O–H groups in total. The van der Waals surface area contributed by atoms with Gasteiger partial charge in [0.25, 0.3) is 0 Å². The summed E-state index contributed by atoms with van der Waals surface area (Å²) in [5, 5.41) is 6.13. The van der Waals surface area contributed by atoms with Crippen LogP contribution in [0.5, 0.6) is 5.75 Å². The fourth-order valence-corrected chi connectivity index (χ4v) is 10.8. The van der Waals surface area contributed by atoms with Crippen molar-refractivity contribution in [2.24, 2.45) is 39.4 Å². The molecule has 8 atom stereocenters. The van der Waals surface area contributed by atoms with E-state index in [1.165, 1.54) is 32.1 Å². The van der Waals surface area contributed by atoms with Crippen molar-refractivity contribution >= 4 is 29.0 Å². The second kappa shape index (κ2) is 9.09. The van der Waals surface area contributed by atoms with E-state index in [2.05, 4.69) is 31.2 Å². The minimum atomic E-state index is -0.370. The van der Waals surface area contributed by atoms with Gasteiger partial charge in [-0.25, -0.2) is 5.06 Å². The first-order valence-electron chi connectivity index (χ1n) is 14.7. The number of carbonyl (C=O) groups is 1. The summed E-state index contributed by atoms with van der Waals surface area (Å²) in [6.07, 6.45) is 9.23. The smallest absolute Gasteiger partial charge is 0.312 e. The molecule has 1 aromatic rings. The number of hydrogen-bond acceptors (Lipinski definition) is 5. The molecular formula is C31H44N2O4S. The molecule has 0 aromatic heterocycles. The Bertz CT molecular complexity index is 1110. The topological polar surface area (TPSA) is 60.0 Å². The minimum absolute atomic E-state index is 0.0298. The number of rotatable bonds is 4. The first-order chi connectivity index (χ1) is 18.1. The van der Waals surface area contributed by atoms with E-state index in [1.54, 1.807) is 7.11 Å². The number of esters is 1. The number of nitrogens with one attached hydrogen (secondary N) is 1. The maximum Gasteiger partial charge on any atom is 0.312 e. The molecule has 5 fully saturated rings. The Kier molecular flexibility index (Phi) is 6.30. The quantitative estimate of drug-likeness (QED) is 0.341. The number of hydrogen-bond donors (Lipinski definition) is 1. The van der Waals surface area contributed by atoms with Gasteiger partial charge in [0, 0.05) is 11.6 Å². The summed E-state index contributed by atoms with van der Waals surface area (Å²) in [5.41, 5.74) is 1.15. The number of methoxy groups -OCH3 is 1. The first kappa shape index (κ1) is 26.4. The number of hydroxylamine groups is 2. The molecule has 6 rings (SSSR count). The molecular weight excluding hydrogens is 496 g/mol. The zero-order chi connectivity index (χ0) is 26.9. The van der Waals surface area contributed by atoms with Crippen molar-refractivity contribution in [1.29, 1.82) is 0 Å². The summed E-state index contributed by atoms with van der Waals surface area (Å²) >= 11 is 5.94. The van der Waals surface area contributed by atoms with Gasteiger partial charge in [-0.15, -0.1) is 0 Å². The summed E-state index contributed by atoms with van der Waals surface area (Å²) in [4.78, 5) is 19.8. The van der Waals surface area contributed by atoms with Crippen LogP contribution in [0.3, 0.4) is 0 Å². The minimum Gasteiger partial charge on any atom is -0.497 e. The highest BCUT2D eigenvalue weighted by atomic mass is 32.1. The molecule has 0 amide bonds. The van der Waals surface area contributed by atoms with Crippen LogP contribution in [0.25, 0.3) is 0 Å². The van der Waals surface area contributed by atoms with Gasteiger partial charge in [-0.05, 0) is 123 Å². The predicted molar refractivity (Wildman–Crippen MR) is 152 cm³/mol. The number of benzene rings is 1. The second-order valence-electron chi connectivity index (χ2n) is 13.6. The zero-order valence-corrected chi connectivity index (χ0v) is 24.5. The predicted octanol–water partition coefficient (Wildman–Crippen LogP) is 6.60. The molecule has 1 aliphatic heterocycles. The van der Waals surface area contributed by atoms with Gasteiger partial charge in [-0.1, -0.05) is 20.3 Å². The van der Waals surface area contributed by atoms with Crippen LogP contribution in [-0.2, 0) is 14.4 Å². The molecule has 5 aliphatic rings. The first-order valence-corrected chi connectivity index (χ1v) is 15.1. The lowest BCUT2D eigenvalue weighted by molar-refractivity contribution is -0.195. The average molecular weight is 541 g/mol. The summed E-state index contributed by atoms with van der Waals surface area (Å²) < 4.78 is 11.0. The fourth-order valence-electron chi connectivity index (χ4n) is 10.5. The highest BCUT2D eigenvalue weighted by Crippen LogP contribution is 2.76. The normalized spacial score (nSPS) is 43.0. The van der Waals surface area contributed by atoms with Gasteiger partial charge in [0.05, 0.1) is 31.8 Å². The van der Waals surface area contributed by atoms with Gasteiger partial charge in [-0.3, -0.25) is 9.63 Å². The monoisotopic (exact) mass is 540 g/mol. The lowest BCUT2D eigenvalue weighted by Crippen LogP contribution is -2.60. The maximum absolute atomic E-state index is 13.3. The molecule has 208 valence electrons. The Morgan fingerprint density at radius 3 is 2.55 bits per heavy atom. The van der Waals surface area contributed by atoms with E-state index in [-0.39, 0.29) is 33.7 Å². The number of nitrogens with zero attached hydrogens (tertiary/aromatic N) is 1. The van der Waals surface area contributed by atoms with Crippen LogP contribution in [0.1, 0.15) is 79.1 Å². The summed E-state index contributed by atoms with van der Waals surface area (Å²) in [6, 6.07) is 8.16. The Hall–Kier alpha value is -1.86. The van der Waals surface area contributed by atoms with Crippen molar-refractivity contribution in [2.75, 3.05) is 25.6 Å². The van der Waals surface area contributed by atoms with Crippen molar-refractivity contribution in [3.05, 3.63) is 24.3 Å². The molecule has 0 unspecified atom stereocenters. The third-order valence-electron chi connectivity index (χ3n) is 11.9. The summed E-state index contributed by atoms with van der Waals surface area (Å²) in [7, 11) is 1.68. The van der Waals surface area contributed by atoms with Crippen LogP contribution in [0, 0.1) is 39.4 Å². The largest absolute Gasteiger partial charge is 0.497 e. The van der Waals surface area contributed by atoms with Gasteiger partial charge < -0.3 is 14.8 Å². The second-order valence-corrected chi connectivity index (χ2v) is 14.0. The molecule has 1 spiro atoms. The number of carbonyl (C=O) groups excluding carboxylic acids is 1. The Morgan fingerprint density at radius 2 is 1.84 bits per heavy atom. The molecule has 1 saturated heterocycles. The third kappa shape index (κ3) is 3.59. The Balaban J connectivity index is 1.28. The van der Waals surface area contributed by atoms with E-state index in [9.17, 15) is 4.79 Å². The summed E-state index contributed by atoms with van der Waals surface area (Å²) in [6.45, 7) is 10.3. The van der Waals surface area contributed by atoms with Crippen molar-refractivity contribution in [1.82, 2.24) is 5.06 Å². The molecule has 38 heavy (non-hydrogen) atoms.